The number of ether oxygens (including phenoxy) is 1. The van der Waals surface area contributed by atoms with E-state index in [4.69, 9.17) is 4.74 Å². The number of amides is 1. The zero-order chi connectivity index (χ0) is 28.0. The molecule has 0 spiro atoms. The number of aromatic nitrogens is 4. The molecule has 4 heterocycles. The van der Waals surface area contributed by atoms with Crippen LogP contribution in [-0.2, 0) is 18.3 Å². The van der Waals surface area contributed by atoms with Gasteiger partial charge in [-0.2, -0.15) is 0 Å². The van der Waals surface area contributed by atoms with Gasteiger partial charge in [-0.05, 0) is 48.7 Å². The molecule has 0 saturated carbocycles. The van der Waals surface area contributed by atoms with Crippen molar-refractivity contribution in [2.24, 2.45) is 7.05 Å². The van der Waals surface area contributed by atoms with Gasteiger partial charge in [-0.1, -0.05) is 30.8 Å². The summed E-state index contributed by atoms with van der Waals surface area (Å²) in [5.74, 6) is -1.39. The molecule has 8 nitrogen and oxygen atoms in total. The first-order valence-corrected chi connectivity index (χ1v) is 12.6. The first kappa shape index (κ1) is 25.2. The summed E-state index contributed by atoms with van der Waals surface area (Å²) in [4.78, 5) is 25.1. The van der Waals surface area contributed by atoms with Gasteiger partial charge >= 0.3 is 0 Å². The van der Waals surface area contributed by atoms with E-state index in [0.717, 1.165) is 27.9 Å². The highest BCUT2D eigenvalue weighted by atomic mass is 19.1. The minimum Gasteiger partial charge on any atom is -0.436 e. The van der Waals surface area contributed by atoms with E-state index in [1.54, 1.807) is 36.4 Å². The van der Waals surface area contributed by atoms with Gasteiger partial charge in [0.1, 0.15) is 17.8 Å². The molecule has 40 heavy (non-hydrogen) atoms. The van der Waals surface area contributed by atoms with E-state index in [9.17, 15) is 9.18 Å². The molecule has 1 aliphatic rings. The molecular formula is C30H24F2N6O2. The number of anilines is 2. The highest BCUT2D eigenvalue weighted by molar-refractivity contribution is 6.09. The van der Waals surface area contributed by atoms with Crippen molar-refractivity contribution < 1.29 is 18.3 Å². The molecule has 0 fully saturated rings. The molecule has 0 saturated heterocycles. The van der Waals surface area contributed by atoms with E-state index in [1.807, 2.05) is 36.7 Å². The van der Waals surface area contributed by atoms with Gasteiger partial charge in [0, 0.05) is 42.2 Å². The molecule has 1 amide bonds. The van der Waals surface area contributed by atoms with Gasteiger partial charge in [-0.15, -0.1) is 0 Å². The van der Waals surface area contributed by atoms with Gasteiger partial charge in [0.25, 0.3) is 5.91 Å². The first-order valence-electron chi connectivity index (χ1n) is 12.6. The molecule has 5 aromatic rings. The Bertz CT molecular complexity index is 1810. The third kappa shape index (κ3) is 4.33. The minimum absolute atomic E-state index is 0.0882. The number of hydrogen-bond donors (Lipinski definition) is 2. The third-order valence-electron chi connectivity index (χ3n) is 6.85. The maximum atomic E-state index is 16.1. The number of aryl methyl sites for hydroxylation is 2. The second-order valence-corrected chi connectivity index (χ2v) is 9.44. The summed E-state index contributed by atoms with van der Waals surface area (Å²) < 4.78 is 37.1. The summed E-state index contributed by atoms with van der Waals surface area (Å²) in [7, 11) is 1.88. The fourth-order valence-corrected chi connectivity index (χ4v) is 5.05. The van der Waals surface area contributed by atoms with Crippen molar-refractivity contribution in [3.05, 3.63) is 90.4 Å². The molecular weight excluding hydrogens is 514 g/mol. The van der Waals surface area contributed by atoms with Gasteiger partial charge in [0.05, 0.1) is 11.1 Å². The number of halogens is 2. The predicted molar refractivity (Wildman–Crippen MR) is 149 cm³/mol. The van der Waals surface area contributed by atoms with E-state index in [1.165, 1.54) is 6.33 Å². The van der Waals surface area contributed by atoms with Crippen LogP contribution in [0.4, 0.5) is 20.3 Å². The van der Waals surface area contributed by atoms with Crippen LogP contribution in [0.15, 0.2) is 73.3 Å². The molecule has 2 aromatic carbocycles. The average Bonchev–Trinajstić information content (AvgIpc) is 3.22. The van der Waals surface area contributed by atoms with Crippen molar-refractivity contribution in [2.45, 2.75) is 13.3 Å². The minimum atomic E-state index is -1.08. The molecule has 200 valence electrons. The van der Waals surface area contributed by atoms with E-state index in [2.05, 4.69) is 32.2 Å². The Labute approximate surface area is 228 Å². The number of carbonyl (C=O) groups excluding carboxylic acids is 1. The molecule has 0 unspecified atom stereocenters. The van der Waals surface area contributed by atoms with E-state index in [-0.39, 0.29) is 5.75 Å². The van der Waals surface area contributed by atoms with Crippen LogP contribution in [0.25, 0.3) is 33.4 Å². The predicted octanol–water partition coefficient (Wildman–Crippen LogP) is 6.33. The summed E-state index contributed by atoms with van der Waals surface area (Å²) in [6, 6.07) is 15.7. The number of carbonyl (C=O) groups is 1. The Hall–Kier alpha value is -5.12. The van der Waals surface area contributed by atoms with Crippen LogP contribution < -0.4 is 15.4 Å². The molecule has 0 radical (unpaired) electrons. The molecule has 3 aromatic heterocycles. The normalized spacial score (nSPS) is 12.2. The van der Waals surface area contributed by atoms with Crippen molar-refractivity contribution in [2.75, 3.05) is 17.2 Å². The number of nitrogens with zero attached hydrogens (tertiary/aromatic N) is 4. The summed E-state index contributed by atoms with van der Waals surface area (Å²) in [5.41, 5.74) is 5.38. The number of nitrogens with one attached hydrogen (secondary N) is 2. The third-order valence-corrected chi connectivity index (χ3v) is 6.85. The van der Waals surface area contributed by atoms with E-state index < -0.39 is 17.6 Å². The van der Waals surface area contributed by atoms with Crippen molar-refractivity contribution in [3.8, 4) is 34.0 Å². The standard InChI is InChI=1S/C30H24F2N6O2/c1-16-5-4-6-23(36-16)40-22-12-11-20-21(26(22)32)13-14-33-28-25-24(20)27(38(3)29(25)35-15-34-28)18-7-9-19(10-8-18)37-30(39)17(2)31/h4-12,15H,2,13-14H2,1,3H3,(H,37,39)(H,33,34,35). The number of hydrogen-bond acceptors (Lipinski definition) is 6. The quantitative estimate of drug-likeness (QED) is 0.254. The number of rotatable bonds is 5. The van der Waals surface area contributed by atoms with Crippen LogP contribution in [0.1, 0.15) is 11.3 Å². The lowest BCUT2D eigenvalue weighted by molar-refractivity contribution is -0.114. The lowest BCUT2D eigenvalue weighted by Crippen LogP contribution is -2.12. The number of benzene rings is 2. The second kappa shape index (κ2) is 9.88. The van der Waals surface area contributed by atoms with Crippen LogP contribution >= 0.6 is 0 Å². The number of fused-ring (bicyclic) bond motifs is 2. The van der Waals surface area contributed by atoms with Crippen LogP contribution in [0.3, 0.4) is 0 Å². The monoisotopic (exact) mass is 538 g/mol. The number of pyridine rings is 1. The fraction of sp³-hybridized carbons (Fsp3) is 0.133. The Balaban J connectivity index is 1.52. The largest absolute Gasteiger partial charge is 0.436 e. The summed E-state index contributed by atoms with van der Waals surface area (Å²) in [5, 5.41) is 6.56. The zero-order valence-electron chi connectivity index (χ0n) is 21.8. The maximum Gasteiger partial charge on any atom is 0.283 e. The molecule has 2 N–H and O–H groups in total. The fourth-order valence-electron chi connectivity index (χ4n) is 5.05. The van der Waals surface area contributed by atoms with Crippen LogP contribution in [0.5, 0.6) is 11.6 Å². The maximum absolute atomic E-state index is 16.1. The Morgan fingerprint density at radius 3 is 2.67 bits per heavy atom. The van der Waals surface area contributed by atoms with E-state index in [0.29, 0.717) is 47.1 Å². The van der Waals surface area contributed by atoms with Gasteiger partial charge in [-0.25, -0.2) is 23.7 Å². The average molecular weight is 539 g/mol. The Morgan fingerprint density at radius 1 is 1.12 bits per heavy atom. The molecule has 6 rings (SSSR count). The molecule has 1 aliphatic heterocycles. The topological polar surface area (TPSA) is 94.0 Å². The Morgan fingerprint density at radius 2 is 1.93 bits per heavy atom. The smallest absolute Gasteiger partial charge is 0.283 e. The van der Waals surface area contributed by atoms with Gasteiger partial charge in [-0.3, -0.25) is 4.79 Å². The molecule has 0 bridgehead atoms. The van der Waals surface area contributed by atoms with Crippen LogP contribution in [0.2, 0.25) is 0 Å². The molecule has 0 atom stereocenters. The SMILES string of the molecule is C=C(F)C(=O)Nc1ccc(-c2c3c4c(ncnc4n2C)NCCc2c-3ccc(Oc3cccc(C)n3)c2F)cc1. The highest BCUT2D eigenvalue weighted by Crippen LogP contribution is 2.46. The lowest BCUT2D eigenvalue weighted by atomic mass is 9.91. The van der Waals surface area contributed by atoms with Crippen LogP contribution in [0, 0.1) is 12.7 Å². The van der Waals surface area contributed by atoms with Crippen LogP contribution in [-0.4, -0.2) is 32.0 Å². The van der Waals surface area contributed by atoms with Gasteiger partial charge < -0.3 is 19.9 Å². The van der Waals surface area contributed by atoms with Crippen molar-refractivity contribution in [1.82, 2.24) is 19.5 Å². The second-order valence-electron chi connectivity index (χ2n) is 9.44. The van der Waals surface area contributed by atoms with Crippen molar-refractivity contribution in [1.29, 1.82) is 0 Å². The molecule has 0 aliphatic carbocycles. The lowest BCUT2D eigenvalue weighted by Gasteiger charge is -2.19. The van der Waals surface area contributed by atoms with Gasteiger partial charge in [0.2, 0.25) is 5.88 Å². The highest BCUT2D eigenvalue weighted by Gasteiger charge is 2.28. The summed E-state index contributed by atoms with van der Waals surface area (Å²) >= 11 is 0. The first-order chi connectivity index (χ1) is 19.3. The summed E-state index contributed by atoms with van der Waals surface area (Å²) in [6.45, 7) is 5.32. The van der Waals surface area contributed by atoms with Crippen molar-refractivity contribution in [3.63, 3.8) is 0 Å². The Kier molecular flexibility index (Phi) is 6.22. The molecule has 10 heteroatoms. The van der Waals surface area contributed by atoms with Crippen molar-refractivity contribution >= 4 is 28.4 Å². The zero-order valence-corrected chi connectivity index (χ0v) is 21.8. The van der Waals surface area contributed by atoms with E-state index >= 15 is 4.39 Å². The van der Waals surface area contributed by atoms with Gasteiger partial charge in [0.15, 0.2) is 17.4 Å². The summed E-state index contributed by atoms with van der Waals surface area (Å²) in [6.07, 6.45) is 1.88.